The zero-order valence-electron chi connectivity index (χ0n) is 38.7. The third-order valence-electron chi connectivity index (χ3n) is 14.2. The molecular weight excluding hydrogens is 835 g/mol. The number of aromatic nitrogens is 2. The fourth-order valence-corrected chi connectivity index (χ4v) is 10.7. The molecule has 0 radical (unpaired) electrons. The molecule has 5 heterocycles. The molecule has 3 aliphatic heterocycles. The van der Waals surface area contributed by atoms with Gasteiger partial charge in [0.1, 0.15) is 24.0 Å². The average Bonchev–Trinajstić information content (AvgIpc) is 3.91. The summed E-state index contributed by atoms with van der Waals surface area (Å²) in [6.07, 6.45) is 1.93. The monoisotopic (exact) mass is 883 g/mol. The smallest absolute Gasteiger partial charge is 0.153 e. The van der Waals surface area contributed by atoms with Gasteiger partial charge in [0.05, 0.1) is 39.5 Å². The van der Waals surface area contributed by atoms with Crippen molar-refractivity contribution in [2.24, 2.45) is 0 Å². The van der Waals surface area contributed by atoms with Gasteiger partial charge in [0.2, 0.25) is 0 Å². The number of ether oxygens (including phenoxy) is 2. The second-order valence-corrected chi connectivity index (χ2v) is 19.7. The van der Waals surface area contributed by atoms with Gasteiger partial charge in [0, 0.05) is 52.0 Å². The van der Waals surface area contributed by atoms with Crippen molar-refractivity contribution in [3.8, 4) is 39.9 Å². The van der Waals surface area contributed by atoms with Crippen molar-refractivity contribution < 1.29 is 9.47 Å². The highest BCUT2D eigenvalue weighted by molar-refractivity contribution is 6.11. The van der Waals surface area contributed by atoms with E-state index in [4.69, 9.17) is 14.5 Å². The van der Waals surface area contributed by atoms with E-state index in [0.29, 0.717) is 6.67 Å². The van der Waals surface area contributed by atoms with E-state index in [1.165, 1.54) is 38.9 Å². The molecule has 7 nitrogen and oxygen atoms in total. The topological polar surface area (TPSA) is 46.0 Å². The zero-order valence-corrected chi connectivity index (χ0v) is 38.7. The number of nitrogens with zero attached hydrogens (tertiary/aromatic N) is 5. The van der Waals surface area contributed by atoms with Gasteiger partial charge in [-0.05, 0) is 118 Å². The number of rotatable bonds is 6. The standard InChI is InChI=1S/C61H49N5O2/c1-60(2,3)41-30-31-62-58(33-41)65-50-29-26-40(39-16-7-6-8-17-39)32-47(50)46-28-27-45(37-55(46)65)67-44-19-15-18-42(34-44)63-38-64(53-23-12-11-22-52(53)63)43-35-49-59-57(36-43)68-56-25-14-13-24-54(56)66(59)51-21-10-9-20-48(51)61(49,4)5/h6-37H,38H2,1-5H3. The number of benzene rings is 8. The molecule has 2 aromatic heterocycles. The molecule has 330 valence electrons. The van der Waals surface area contributed by atoms with E-state index in [1.54, 1.807) is 0 Å². The molecule has 0 bridgehead atoms. The highest BCUT2D eigenvalue weighted by atomic mass is 16.5. The zero-order chi connectivity index (χ0) is 45.9. The van der Waals surface area contributed by atoms with Gasteiger partial charge < -0.3 is 24.2 Å². The van der Waals surface area contributed by atoms with Gasteiger partial charge in [-0.3, -0.25) is 4.57 Å². The molecule has 0 spiro atoms. The van der Waals surface area contributed by atoms with Gasteiger partial charge in [-0.2, -0.15) is 0 Å². The first-order valence-corrected chi connectivity index (χ1v) is 23.5. The maximum absolute atomic E-state index is 6.84. The van der Waals surface area contributed by atoms with Gasteiger partial charge in [0.25, 0.3) is 0 Å². The van der Waals surface area contributed by atoms with Gasteiger partial charge in [-0.15, -0.1) is 0 Å². The van der Waals surface area contributed by atoms with Crippen LogP contribution in [0, 0.1) is 0 Å². The average molecular weight is 884 g/mol. The molecule has 3 aliphatic rings. The maximum Gasteiger partial charge on any atom is 0.153 e. The summed E-state index contributed by atoms with van der Waals surface area (Å²) in [5, 5.41) is 2.31. The third kappa shape index (κ3) is 6.22. The molecule has 0 saturated heterocycles. The van der Waals surface area contributed by atoms with Crippen LogP contribution >= 0.6 is 0 Å². The summed E-state index contributed by atoms with van der Waals surface area (Å²) in [6, 6.07) is 66.9. The molecule has 0 amide bonds. The number of fused-ring (bicyclic) bond motifs is 8. The van der Waals surface area contributed by atoms with E-state index >= 15 is 0 Å². The number of para-hydroxylation sites is 5. The fourth-order valence-electron chi connectivity index (χ4n) is 10.7. The van der Waals surface area contributed by atoms with Crippen LogP contribution in [0.4, 0.5) is 39.8 Å². The lowest BCUT2D eigenvalue weighted by atomic mass is 9.73. The molecule has 0 atom stereocenters. The van der Waals surface area contributed by atoms with Crippen LogP contribution in [-0.4, -0.2) is 16.2 Å². The molecule has 8 aromatic carbocycles. The minimum Gasteiger partial charge on any atom is -0.457 e. The summed E-state index contributed by atoms with van der Waals surface area (Å²) in [5.74, 6) is 4.09. The van der Waals surface area contributed by atoms with Crippen LogP contribution in [0.1, 0.15) is 51.3 Å². The fraction of sp³-hybridized carbons (Fsp3) is 0.131. The van der Waals surface area contributed by atoms with Crippen molar-refractivity contribution in [2.45, 2.75) is 45.4 Å². The number of hydrogen-bond donors (Lipinski definition) is 0. The minimum atomic E-state index is -0.275. The first-order valence-electron chi connectivity index (χ1n) is 23.5. The van der Waals surface area contributed by atoms with Crippen molar-refractivity contribution in [3.63, 3.8) is 0 Å². The predicted octanol–water partition coefficient (Wildman–Crippen LogP) is 16.4. The van der Waals surface area contributed by atoms with E-state index in [-0.39, 0.29) is 10.8 Å². The van der Waals surface area contributed by atoms with Gasteiger partial charge in [-0.25, -0.2) is 4.98 Å². The summed E-state index contributed by atoms with van der Waals surface area (Å²) in [6.45, 7) is 12.0. The van der Waals surface area contributed by atoms with E-state index in [9.17, 15) is 0 Å². The Labute approximate surface area is 396 Å². The highest BCUT2D eigenvalue weighted by Gasteiger charge is 2.42. The lowest BCUT2D eigenvalue weighted by Crippen LogP contribution is -2.33. The van der Waals surface area contributed by atoms with Crippen molar-refractivity contribution in [2.75, 3.05) is 21.4 Å². The van der Waals surface area contributed by atoms with Crippen molar-refractivity contribution in [1.82, 2.24) is 9.55 Å². The molecular formula is C61H49N5O2. The summed E-state index contributed by atoms with van der Waals surface area (Å²) >= 11 is 0. The van der Waals surface area contributed by atoms with Crippen molar-refractivity contribution in [3.05, 3.63) is 211 Å². The molecule has 0 fully saturated rings. The molecule has 0 unspecified atom stereocenters. The largest absolute Gasteiger partial charge is 0.457 e. The molecule has 0 saturated carbocycles. The molecule has 10 aromatic rings. The van der Waals surface area contributed by atoms with Gasteiger partial charge in [0.15, 0.2) is 11.5 Å². The molecule has 13 rings (SSSR count). The molecule has 68 heavy (non-hydrogen) atoms. The normalized spacial score (nSPS) is 14.3. The van der Waals surface area contributed by atoms with E-state index in [2.05, 4.69) is 230 Å². The van der Waals surface area contributed by atoms with Crippen LogP contribution in [0.5, 0.6) is 23.0 Å². The Morgan fingerprint density at radius 2 is 1.25 bits per heavy atom. The number of anilines is 7. The third-order valence-corrected chi connectivity index (χ3v) is 14.2. The molecule has 7 heteroatoms. The lowest BCUT2D eigenvalue weighted by molar-refractivity contribution is 0.471. The second kappa shape index (κ2) is 14.9. The van der Waals surface area contributed by atoms with Crippen LogP contribution in [0.25, 0.3) is 38.8 Å². The van der Waals surface area contributed by atoms with E-state index in [1.807, 2.05) is 18.3 Å². The van der Waals surface area contributed by atoms with Crippen molar-refractivity contribution >= 4 is 61.6 Å². The summed E-state index contributed by atoms with van der Waals surface area (Å²) in [4.78, 5) is 12.1. The quantitative estimate of drug-likeness (QED) is 0.166. The van der Waals surface area contributed by atoms with Crippen LogP contribution in [0.2, 0.25) is 0 Å². The Morgan fingerprint density at radius 1 is 0.529 bits per heavy atom. The van der Waals surface area contributed by atoms with Gasteiger partial charge >= 0.3 is 0 Å². The summed E-state index contributed by atoms with van der Waals surface area (Å²) in [7, 11) is 0. The number of hydrogen-bond acceptors (Lipinski definition) is 6. The molecule has 0 N–H and O–H groups in total. The maximum atomic E-state index is 6.84. The SMILES string of the molecule is CC(C)(C)c1ccnc(-n2c3ccc(-c4ccccc4)cc3c3ccc(Oc4cccc(N5CN(c6cc7c8c(c6)C(C)(C)c6ccccc6N8c6ccccc6O7)c6ccccc65)c4)cc32)c1. The first-order chi connectivity index (χ1) is 33.1. The Balaban J connectivity index is 0.870. The Hall–Kier alpha value is -8.29. The number of pyridine rings is 1. The Morgan fingerprint density at radius 3 is 2.06 bits per heavy atom. The second-order valence-electron chi connectivity index (χ2n) is 19.7. The highest BCUT2D eigenvalue weighted by Crippen LogP contribution is 2.61. The lowest BCUT2D eigenvalue weighted by Gasteiger charge is -2.45. The summed E-state index contributed by atoms with van der Waals surface area (Å²) in [5.41, 5.74) is 15.7. The van der Waals surface area contributed by atoms with Gasteiger partial charge in [-0.1, -0.05) is 120 Å². The summed E-state index contributed by atoms with van der Waals surface area (Å²) < 4.78 is 15.9. The van der Waals surface area contributed by atoms with Crippen LogP contribution in [0.15, 0.2) is 194 Å². The predicted molar refractivity (Wildman–Crippen MR) is 278 cm³/mol. The van der Waals surface area contributed by atoms with Crippen LogP contribution in [-0.2, 0) is 10.8 Å². The van der Waals surface area contributed by atoms with E-state index in [0.717, 1.165) is 79.4 Å². The first kappa shape index (κ1) is 40.0. The molecule has 0 aliphatic carbocycles. The van der Waals surface area contributed by atoms with Crippen LogP contribution < -0.4 is 24.2 Å². The Bertz CT molecular complexity index is 3660. The minimum absolute atomic E-state index is 0.0350. The van der Waals surface area contributed by atoms with Crippen LogP contribution in [0.3, 0.4) is 0 Å². The Kier molecular flexibility index (Phi) is 8.75. The van der Waals surface area contributed by atoms with Crippen molar-refractivity contribution in [1.29, 1.82) is 0 Å². The van der Waals surface area contributed by atoms with E-state index < -0.39 is 0 Å².